The smallest absolute Gasteiger partial charge is 0.127 e. The fraction of sp³-hybridized carbons (Fsp3) is 0.400. The van der Waals surface area contributed by atoms with Crippen LogP contribution in [-0.2, 0) is 20.1 Å². The minimum absolute atomic E-state index is 0.202. The number of benzene rings is 1. The van der Waals surface area contributed by atoms with Gasteiger partial charge in [0.2, 0.25) is 0 Å². The number of aryl methyl sites for hydroxylation is 1. The first-order valence-electron chi connectivity index (χ1n) is 6.78. The van der Waals surface area contributed by atoms with Gasteiger partial charge in [0.15, 0.2) is 0 Å². The number of rotatable bonds is 6. The molecule has 4 nitrogen and oxygen atoms in total. The zero-order valence-corrected chi connectivity index (χ0v) is 12.2. The Labute approximate surface area is 119 Å². The van der Waals surface area contributed by atoms with E-state index >= 15 is 0 Å². The molecule has 0 unspecified atom stereocenters. The van der Waals surface area contributed by atoms with Gasteiger partial charge >= 0.3 is 0 Å². The Bertz CT molecular complexity index is 565. The van der Waals surface area contributed by atoms with Crippen LogP contribution in [0.5, 0.6) is 0 Å². The van der Waals surface area contributed by atoms with E-state index in [0.717, 1.165) is 23.6 Å². The fourth-order valence-electron chi connectivity index (χ4n) is 2.17. The summed E-state index contributed by atoms with van der Waals surface area (Å²) >= 11 is 0. The lowest BCUT2D eigenvalue weighted by atomic mass is 10.1. The number of imidazole rings is 1. The molecule has 5 heteroatoms. The molecule has 20 heavy (non-hydrogen) atoms. The van der Waals surface area contributed by atoms with Gasteiger partial charge in [-0.05, 0) is 30.3 Å². The van der Waals surface area contributed by atoms with Crippen molar-refractivity contribution >= 4 is 5.69 Å². The summed E-state index contributed by atoms with van der Waals surface area (Å²) in [5.41, 5.74) is 1.99. The lowest BCUT2D eigenvalue weighted by Crippen LogP contribution is -2.22. The van der Waals surface area contributed by atoms with E-state index in [1.54, 1.807) is 12.3 Å². The molecule has 0 saturated heterocycles. The molecule has 0 atom stereocenters. The predicted octanol–water partition coefficient (Wildman–Crippen LogP) is 2.31. The first kappa shape index (κ1) is 14.5. The van der Waals surface area contributed by atoms with Gasteiger partial charge in [0.05, 0.1) is 6.54 Å². The average Bonchev–Trinajstić information content (AvgIpc) is 2.82. The largest absolute Gasteiger partial charge is 0.367 e. The maximum absolute atomic E-state index is 13.4. The molecule has 0 aliphatic heterocycles. The number of aromatic nitrogens is 2. The second-order valence-corrected chi connectivity index (χ2v) is 4.86. The van der Waals surface area contributed by atoms with E-state index in [0.29, 0.717) is 13.1 Å². The summed E-state index contributed by atoms with van der Waals surface area (Å²) in [7, 11) is 3.97. The summed E-state index contributed by atoms with van der Waals surface area (Å²) < 4.78 is 15.4. The normalized spacial score (nSPS) is 10.8. The monoisotopic (exact) mass is 276 g/mol. The number of anilines is 1. The van der Waals surface area contributed by atoms with E-state index in [2.05, 4.69) is 15.2 Å². The van der Waals surface area contributed by atoms with Gasteiger partial charge in [0.1, 0.15) is 11.6 Å². The van der Waals surface area contributed by atoms with Gasteiger partial charge in [-0.1, -0.05) is 6.92 Å². The van der Waals surface area contributed by atoms with Crippen molar-refractivity contribution in [2.45, 2.75) is 20.0 Å². The molecule has 0 fully saturated rings. The highest BCUT2D eigenvalue weighted by atomic mass is 19.1. The summed E-state index contributed by atoms with van der Waals surface area (Å²) in [6.45, 7) is 4.25. The molecule has 0 spiro atoms. The van der Waals surface area contributed by atoms with E-state index in [1.165, 1.54) is 6.07 Å². The first-order chi connectivity index (χ1) is 9.61. The molecule has 0 aliphatic carbocycles. The Morgan fingerprint density at radius 3 is 2.85 bits per heavy atom. The van der Waals surface area contributed by atoms with Crippen LogP contribution in [0.4, 0.5) is 10.1 Å². The van der Waals surface area contributed by atoms with Crippen LogP contribution in [0, 0.1) is 5.82 Å². The van der Waals surface area contributed by atoms with Crippen molar-refractivity contribution < 1.29 is 4.39 Å². The average molecular weight is 276 g/mol. The van der Waals surface area contributed by atoms with Gasteiger partial charge in [-0.3, -0.25) is 0 Å². The van der Waals surface area contributed by atoms with Gasteiger partial charge in [-0.2, -0.15) is 0 Å². The van der Waals surface area contributed by atoms with Crippen molar-refractivity contribution in [2.24, 2.45) is 7.05 Å². The lowest BCUT2D eigenvalue weighted by molar-refractivity contribution is 0.621. The van der Waals surface area contributed by atoms with Crippen LogP contribution in [0.15, 0.2) is 30.6 Å². The zero-order chi connectivity index (χ0) is 14.5. The topological polar surface area (TPSA) is 33.1 Å². The van der Waals surface area contributed by atoms with Gasteiger partial charge in [0, 0.05) is 38.7 Å². The van der Waals surface area contributed by atoms with Crippen molar-refractivity contribution in [1.82, 2.24) is 14.9 Å². The van der Waals surface area contributed by atoms with Crippen LogP contribution in [0.2, 0.25) is 0 Å². The summed E-state index contributed by atoms with van der Waals surface area (Å²) in [4.78, 5) is 6.41. The summed E-state index contributed by atoms with van der Waals surface area (Å²) in [5.74, 6) is 0.776. The second-order valence-electron chi connectivity index (χ2n) is 4.86. The standard InChI is InChI=1S/C15H21FN4/c1-4-17-10-12-9-13(16)5-6-14(12)20(3)11-15-18-7-8-19(15)2/h5-9,17H,4,10-11H2,1-3H3. The molecule has 1 aromatic carbocycles. The van der Waals surface area contributed by atoms with E-state index in [9.17, 15) is 4.39 Å². The molecule has 0 amide bonds. The van der Waals surface area contributed by atoms with Crippen LogP contribution in [0.25, 0.3) is 0 Å². The number of hydrogen-bond acceptors (Lipinski definition) is 3. The Morgan fingerprint density at radius 1 is 1.40 bits per heavy atom. The van der Waals surface area contributed by atoms with Gasteiger partial charge in [0.25, 0.3) is 0 Å². The van der Waals surface area contributed by atoms with E-state index in [-0.39, 0.29) is 5.82 Å². The van der Waals surface area contributed by atoms with Crippen molar-refractivity contribution in [3.05, 3.63) is 47.8 Å². The molecule has 2 aromatic rings. The van der Waals surface area contributed by atoms with E-state index in [1.807, 2.05) is 37.8 Å². The quantitative estimate of drug-likeness (QED) is 0.879. The Kier molecular flexibility index (Phi) is 4.74. The molecular formula is C15H21FN4. The van der Waals surface area contributed by atoms with Crippen LogP contribution in [0.3, 0.4) is 0 Å². The summed E-state index contributed by atoms with van der Waals surface area (Å²) in [6, 6.07) is 4.91. The fourth-order valence-corrected chi connectivity index (χ4v) is 2.17. The lowest BCUT2D eigenvalue weighted by Gasteiger charge is -2.22. The number of halogens is 1. The third-order valence-electron chi connectivity index (χ3n) is 3.32. The van der Waals surface area contributed by atoms with Gasteiger partial charge < -0.3 is 14.8 Å². The van der Waals surface area contributed by atoms with Crippen LogP contribution >= 0.6 is 0 Å². The number of hydrogen-bond donors (Lipinski definition) is 1. The highest BCUT2D eigenvalue weighted by Crippen LogP contribution is 2.22. The third kappa shape index (κ3) is 3.36. The molecule has 1 heterocycles. The minimum Gasteiger partial charge on any atom is -0.367 e. The molecule has 2 rings (SSSR count). The summed E-state index contributed by atoms with van der Waals surface area (Å²) in [6.07, 6.45) is 3.71. The molecule has 1 aromatic heterocycles. The molecule has 0 radical (unpaired) electrons. The first-order valence-corrected chi connectivity index (χ1v) is 6.78. The molecule has 0 aliphatic rings. The second kappa shape index (κ2) is 6.52. The van der Waals surface area contributed by atoms with Crippen molar-refractivity contribution in [1.29, 1.82) is 0 Å². The maximum Gasteiger partial charge on any atom is 0.127 e. The zero-order valence-electron chi connectivity index (χ0n) is 12.2. The molecule has 0 bridgehead atoms. The minimum atomic E-state index is -0.202. The molecule has 1 N–H and O–H groups in total. The highest BCUT2D eigenvalue weighted by molar-refractivity contribution is 5.53. The van der Waals surface area contributed by atoms with Crippen molar-refractivity contribution in [3.8, 4) is 0 Å². The van der Waals surface area contributed by atoms with Crippen LogP contribution in [-0.4, -0.2) is 23.1 Å². The predicted molar refractivity (Wildman–Crippen MR) is 79.1 cm³/mol. The third-order valence-corrected chi connectivity index (χ3v) is 3.32. The van der Waals surface area contributed by atoms with Crippen molar-refractivity contribution in [3.63, 3.8) is 0 Å². The number of nitrogens with one attached hydrogen (secondary N) is 1. The maximum atomic E-state index is 13.4. The Balaban J connectivity index is 2.20. The Hall–Kier alpha value is -1.88. The van der Waals surface area contributed by atoms with Gasteiger partial charge in [-0.15, -0.1) is 0 Å². The summed E-state index contributed by atoms with van der Waals surface area (Å²) in [5, 5.41) is 3.24. The molecular weight excluding hydrogens is 255 g/mol. The Morgan fingerprint density at radius 2 is 2.20 bits per heavy atom. The number of nitrogens with zero attached hydrogens (tertiary/aromatic N) is 3. The van der Waals surface area contributed by atoms with Crippen LogP contribution < -0.4 is 10.2 Å². The SMILES string of the molecule is CCNCc1cc(F)ccc1N(C)Cc1nccn1C. The van der Waals surface area contributed by atoms with E-state index in [4.69, 9.17) is 0 Å². The van der Waals surface area contributed by atoms with Crippen LogP contribution in [0.1, 0.15) is 18.3 Å². The highest BCUT2D eigenvalue weighted by Gasteiger charge is 2.11. The molecule has 0 saturated carbocycles. The van der Waals surface area contributed by atoms with Gasteiger partial charge in [-0.25, -0.2) is 9.37 Å². The van der Waals surface area contributed by atoms with Crippen molar-refractivity contribution in [2.75, 3.05) is 18.5 Å². The van der Waals surface area contributed by atoms with E-state index < -0.39 is 0 Å². The molecule has 108 valence electrons.